The van der Waals surface area contributed by atoms with E-state index in [0.717, 1.165) is 0 Å². The quantitative estimate of drug-likeness (QED) is 0.369. The van der Waals surface area contributed by atoms with Crippen LogP contribution < -0.4 is 10.2 Å². The minimum Gasteiger partial charge on any atom is -0.319 e. The largest absolute Gasteiger partial charge is 0.339 e. The number of hydrogen-bond acceptors (Lipinski definition) is 6. The molecule has 0 unspecified atom stereocenters. The molecule has 0 saturated carbocycles. The van der Waals surface area contributed by atoms with Crippen molar-refractivity contribution in [3.63, 3.8) is 0 Å². The molecule has 1 aliphatic rings. The van der Waals surface area contributed by atoms with Gasteiger partial charge < -0.3 is 5.32 Å². The van der Waals surface area contributed by atoms with E-state index in [9.17, 15) is 29.3 Å². The third-order valence-corrected chi connectivity index (χ3v) is 3.74. The Morgan fingerprint density at radius 3 is 2.26 bits per heavy atom. The van der Waals surface area contributed by atoms with Gasteiger partial charge in [0.2, 0.25) is 5.91 Å². The second kappa shape index (κ2) is 7.04. The van der Waals surface area contributed by atoms with Crippen LogP contribution in [0, 0.1) is 10.1 Å². The van der Waals surface area contributed by atoms with Crippen LogP contribution in [0.1, 0.15) is 0 Å². The highest BCUT2D eigenvalue weighted by Crippen LogP contribution is 2.24. The molecular weight excluding hydrogens is 356 g/mol. The third kappa shape index (κ3) is 3.35. The number of urea groups is 1. The highest BCUT2D eigenvalue weighted by atomic mass is 16.6. The van der Waals surface area contributed by atoms with Crippen molar-refractivity contribution in [3.05, 3.63) is 64.7 Å². The third-order valence-electron chi connectivity index (χ3n) is 3.74. The first-order valence-corrected chi connectivity index (χ1v) is 7.68. The van der Waals surface area contributed by atoms with Crippen LogP contribution in [0.25, 0.3) is 0 Å². The molecule has 0 bridgehead atoms. The van der Waals surface area contributed by atoms with Gasteiger partial charge in [-0.05, 0) is 18.2 Å². The molecule has 0 radical (unpaired) electrons. The van der Waals surface area contributed by atoms with Crippen LogP contribution in [0.5, 0.6) is 0 Å². The summed E-state index contributed by atoms with van der Waals surface area (Å²) in [5, 5.41) is 13.3. The van der Waals surface area contributed by atoms with Crippen LogP contribution >= 0.6 is 0 Å². The first-order valence-electron chi connectivity index (χ1n) is 7.68. The number of carbonyl (C=O) groups excluding carboxylic acids is 4. The number of benzene rings is 2. The number of amides is 5. The summed E-state index contributed by atoms with van der Waals surface area (Å²) in [7, 11) is 0. The number of hydrogen-bond donors (Lipinski definition) is 1. The molecule has 5 amide bonds. The van der Waals surface area contributed by atoms with E-state index in [4.69, 9.17) is 0 Å². The predicted molar refractivity (Wildman–Crippen MR) is 92.8 cm³/mol. The first kappa shape index (κ1) is 17.7. The standard InChI is InChI=1S/C17H12N4O6/c22-14(18-12-8-4-5-9-13(12)21(26)27)10-19-15(23)16(24)20(17(19)25)11-6-2-1-3-7-11/h1-9H,10H2,(H,18,22). The number of rotatable bonds is 5. The van der Waals surface area contributed by atoms with Gasteiger partial charge in [0, 0.05) is 6.07 Å². The van der Waals surface area contributed by atoms with Gasteiger partial charge in [0.05, 0.1) is 10.6 Å². The maximum absolute atomic E-state index is 12.4. The average Bonchev–Trinajstić information content (AvgIpc) is 2.86. The topological polar surface area (TPSA) is 130 Å². The maximum atomic E-state index is 12.4. The maximum Gasteiger partial charge on any atom is 0.339 e. The molecule has 2 aromatic carbocycles. The van der Waals surface area contributed by atoms with Crippen LogP contribution in [0.3, 0.4) is 0 Å². The molecule has 0 aromatic heterocycles. The lowest BCUT2D eigenvalue weighted by atomic mass is 10.2. The first-order chi connectivity index (χ1) is 12.9. The summed E-state index contributed by atoms with van der Waals surface area (Å²) < 4.78 is 0. The van der Waals surface area contributed by atoms with Gasteiger partial charge in [0.25, 0.3) is 5.69 Å². The molecule has 1 N–H and O–H groups in total. The van der Waals surface area contributed by atoms with Gasteiger partial charge >= 0.3 is 17.8 Å². The van der Waals surface area contributed by atoms with Gasteiger partial charge in [-0.2, -0.15) is 0 Å². The summed E-state index contributed by atoms with van der Waals surface area (Å²) in [5.41, 5.74) is -0.229. The summed E-state index contributed by atoms with van der Waals surface area (Å²) in [4.78, 5) is 60.2. The molecule has 1 fully saturated rings. The van der Waals surface area contributed by atoms with Crippen LogP contribution in [0.4, 0.5) is 21.9 Å². The summed E-state index contributed by atoms with van der Waals surface area (Å²) in [6, 6.07) is 12.2. The Bertz CT molecular complexity index is 959. The zero-order valence-electron chi connectivity index (χ0n) is 13.7. The minimum atomic E-state index is -1.15. The fourth-order valence-electron chi connectivity index (χ4n) is 2.52. The zero-order chi connectivity index (χ0) is 19.6. The van der Waals surface area contributed by atoms with Crippen molar-refractivity contribution in [2.75, 3.05) is 16.8 Å². The Hall–Kier alpha value is -4.08. The smallest absolute Gasteiger partial charge is 0.319 e. The molecule has 1 saturated heterocycles. The van der Waals surface area contributed by atoms with E-state index in [2.05, 4.69) is 5.32 Å². The average molecular weight is 368 g/mol. The van der Waals surface area contributed by atoms with Crippen LogP contribution in [0.15, 0.2) is 54.6 Å². The van der Waals surface area contributed by atoms with E-state index in [0.29, 0.717) is 9.80 Å². The van der Waals surface area contributed by atoms with Crippen LogP contribution in [0.2, 0.25) is 0 Å². The van der Waals surface area contributed by atoms with E-state index in [-0.39, 0.29) is 17.1 Å². The highest BCUT2D eigenvalue weighted by Gasteiger charge is 2.46. The molecule has 1 aliphatic heterocycles. The van der Waals surface area contributed by atoms with Crippen molar-refractivity contribution in [2.24, 2.45) is 0 Å². The van der Waals surface area contributed by atoms with E-state index in [1.165, 1.54) is 36.4 Å². The summed E-state index contributed by atoms with van der Waals surface area (Å²) >= 11 is 0. The lowest BCUT2D eigenvalue weighted by Crippen LogP contribution is -2.39. The number of para-hydroxylation sites is 3. The predicted octanol–water partition coefficient (Wildman–Crippen LogP) is 1.53. The molecule has 136 valence electrons. The van der Waals surface area contributed by atoms with Crippen LogP contribution in [-0.4, -0.2) is 40.1 Å². The number of anilines is 2. The highest BCUT2D eigenvalue weighted by molar-refractivity contribution is 6.53. The van der Waals surface area contributed by atoms with E-state index in [1.807, 2.05) is 0 Å². The normalized spacial score (nSPS) is 13.9. The minimum absolute atomic E-state index is 0.0853. The fraction of sp³-hybridized carbons (Fsp3) is 0.0588. The molecule has 10 nitrogen and oxygen atoms in total. The number of nitro groups is 1. The number of nitrogens with one attached hydrogen (secondary N) is 1. The molecule has 10 heteroatoms. The molecule has 1 heterocycles. The van der Waals surface area contributed by atoms with E-state index in [1.54, 1.807) is 18.2 Å². The van der Waals surface area contributed by atoms with Crippen molar-refractivity contribution >= 4 is 40.8 Å². The van der Waals surface area contributed by atoms with Gasteiger partial charge in [-0.25, -0.2) is 14.6 Å². The van der Waals surface area contributed by atoms with Crippen molar-refractivity contribution in [1.29, 1.82) is 0 Å². The second-order valence-corrected chi connectivity index (χ2v) is 5.47. The summed E-state index contributed by atoms with van der Waals surface area (Å²) in [6.45, 7) is -0.751. The molecule has 27 heavy (non-hydrogen) atoms. The SMILES string of the molecule is O=C(CN1C(=O)C(=O)N(c2ccccc2)C1=O)Nc1ccccc1[N+](=O)[O-]. The van der Waals surface area contributed by atoms with Crippen molar-refractivity contribution in [3.8, 4) is 0 Å². The number of nitrogens with zero attached hydrogens (tertiary/aromatic N) is 3. The Morgan fingerprint density at radius 2 is 1.59 bits per heavy atom. The van der Waals surface area contributed by atoms with E-state index < -0.39 is 35.2 Å². The Labute approximate surface area is 152 Å². The summed E-state index contributed by atoms with van der Waals surface area (Å²) in [6.07, 6.45) is 0. The summed E-state index contributed by atoms with van der Waals surface area (Å²) in [5.74, 6) is -3.08. The Kier molecular flexibility index (Phi) is 4.62. The van der Waals surface area contributed by atoms with Gasteiger partial charge in [-0.3, -0.25) is 24.5 Å². The van der Waals surface area contributed by atoms with Crippen LogP contribution in [-0.2, 0) is 14.4 Å². The lowest BCUT2D eigenvalue weighted by molar-refractivity contribution is -0.383. The van der Waals surface area contributed by atoms with Crippen molar-refractivity contribution in [1.82, 2.24) is 4.90 Å². The van der Waals surface area contributed by atoms with Crippen molar-refractivity contribution in [2.45, 2.75) is 0 Å². The Morgan fingerprint density at radius 1 is 0.963 bits per heavy atom. The fourth-order valence-corrected chi connectivity index (χ4v) is 2.52. The monoisotopic (exact) mass is 368 g/mol. The number of imide groups is 2. The second-order valence-electron chi connectivity index (χ2n) is 5.47. The Balaban J connectivity index is 1.77. The molecule has 0 spiro atoms. The molecule has 2 aromatic rings. The van der Waals surface area contributed by atoms with Gasteiger partial charge in [0.15, 0.2) is 0 Å². The number of nitro benzene ring substituents is 1. The zero-order valence-corrected chi connectivity index (χ0v) is 13.7. The van der Waals surface area contributed by atoms with Gasteiger partial charge in [0.1, 0.15) is 12.2 Å². The molecule has 0 aliphatic carbocycles. The van der Waals surface area contributed by atoms with Gasteiger partial charge in [-0.15, -0.1) is 0 Å². The molecular formula is C17H12N4O6. The van der Waals surface area contributed by atoms with Crippen molar-refractivity contribution < 1.29 is 24.1 Å². The number of carbonyl (C=O) groups is 4. The lowest BCUT2D eigenvalue weighted by Gasteiger charge is -2.15. The van der Waals surface area contributed by atoms with E-state index >= 15 is 0 Å². The molecule has 3 rings (SSSR count). The molecule has 0 atom stereocenters. The van der Waals surface area contributed by atoms with Gasteiger partial charge in [-0.1, -0.05) is 30.3 Å².